The summed E-state index contributed by atoms with van der Waals surface area (Å²) in [6.45, 7) is 1.60. The number of hydrogen-bond donors (Lipinski definition) is 0. The molecule has 2 aromatic rings. The topological polar surface area (TPSA) is 59.3 Å². The third-order valence-electron chi connectivity index (χ3n) is 4.41. The van der Waals surface area contributed by atoms with Crippen LogP contribution in [0.15, 0.2) is 54.6 Å². The van der Waals surface area contributed by atoms with Crippen molar-refractivity contribution in [2.75, 3.05) is 6.61 Å². The maximum Gasteiger partial charge on any atom is 0.302 e. The van der Waals surface area contributed by atoms with E-state index in [1.165, 1.54) is 6.92 Å². The van der Waals surface area contributed by atoms with Crippen molar-refractivity contribution >= 4 is 17.6 Å². The van der Waals surface area contributed by atoms with Gasteiger partial charge in [0.15, 0.2) is 0 Å². The van der Waals surface area contributed by atoms with Gasteiger partial charge in [0.25, 0.3) is 0 Å². The van der Waals surface area contributed by atoms with Crippen LogP contribution in [-0.2, 0) is 20.7 Å². The van der Waals surface area contributed by atoms with E-state index in [1.54, 1.807) is 0 Å². The first kappa shape index (κ1) is 19.2. The summed E-state index contributed by atoms with van der Waals surface area (Å²) in [5.74, 6) is -0.315. The molecule has 138 valence electrons. The smallest absolute Gasteiger partial charge is 0.302 e. The second-order valence-electron chi connectivity index (χ2n) is 6.47. The first-order valence-electron chi connectivity index (χ1n) is 8.78. The number of hydrogen-bond acceptors (Lipinski definition) is 4. The molecule has 0 aromatic heterocycles. The number of carbonyl (C=O) groups is 1. The molecule has 1 heterocycles. The number of benzene rings is 2. The molecule has 27 heavy (non-hydrogen) atoms. The molecule has 0 amide bonds. The normalized spacial score (nSPS) is 18.7. The lowest BCUT2D eigenvalue weighted by Crippen LogP contribution is -2.24. The lowest BCUT2D eigenvalue weighted by atomic mass is 9.97. The first-order chi connectivity index (χ1) is 13.0. The molecule has 1 aliphatic heterocycles. The van der Waals surface area contributed by atoms with Crippen LogP contribution in [0.3, 0.4) is 0 Å². The predicted molar refractivity (Wildman–Crippen MR) is 103 cm³/mol. The molecule has 0 unspecified atom stereocenters. The molecule has 0 saturated carbocycles. The van der Waals surface area contributed by atoms with Gasteiger partial charge in [-0.3, -0.25) is 4.79 Å². The minimum atomic E-state index is -0.315. The van der Waals surface area contributed by atoms with Crippen molar-refractivity contribution in [1.29, 1.82) is 5.26 Å². The van der Waals surface area contributed by atoms with Gasteiger partial charge in [-0.05, 0) is 47.7 Å². The van der Waals surface area contributed by atoms with Gasteiger partial charge in [0, 0.05) is 11.9 Å². The van der Waals surface area contributed by atoms with E-state index in [0.29, 0.717) is 17.0 Å². The zero-order chi connectivity index (χ0) is 19.2. The molecule has 5 heteroatoms. The standard InChI is InChI=1S/C22H20ClNO3/c1-15(25)26-14-20-3-2-4-22(27-20)18-9-10-21(23)19(12-18)11-16-5-7-17(13-24)8-6-16/h2-3,5-10,12,20,22H,4,11,14H2,1H3/t20-,22+/m1/s1. The lowest BCUT2D eigenvalue weighted by Gasteiger charge is -2.26. The van der Waals surface area contributed by atoms with Gasteiger partial charge in [0.1, 0.15) is 12.7 Å². The average molecular weight is 382 g/mol. The van der Waals surface area contributed by atoms with E-state index < -0.39 is 0 Å². The lowest BCUT2D eigenvalue weighted by molar-refractivity contribution is -0.145. The summed E-state index contributed by atoms with van der Waals surface area (Å²) in [7, 11) is 0. The molecule has 3 rings (SSSR count). The van der Waals surface area contributed by atoms with Crippen LogP contribution in [0.1, 0.15) is 41.7 Å². The zero-order valence-electron chi connectivity index (χ0n) is 15.0. The van der Waals surface area contributed by atoms with Gasteiger partial charge in [0.05, 0.1) is 17.7 Å². The van der Waals surface area contributed by atoms with Crippen molar-refractivity contribution in [3.8, 4) is 6.07 Å². The predicted octanol–water partition coefficient (Wildman–Crippen LogP) is 4.75. The quantitative estimate of drug-likeness (QED) is 0.553. The van der Waals surface area contributed by atoms with Crippen LogP contribution in [0, 0.1) is 11.3 Å². The van der Waals surface area contributed by atoms with Gasteiger partial charge >= 0.3 is 5.97 Å². The third kappa shape index (κ3) is 5.19. The van der Waals surface area contributed by atoms with Gasteiger partial charge in [0.2, 0.25) is 0 Å². The first-order valence-corrected chi connectivity index (χ1v) is 9.16. The van der Waals surface area contributed by atoms with Gasteiger partial charge in [-0.15, -0.1) is 0 Å². The molecule has 0 radical (unpaired) electrons. The van der Waals surface area contributed by atoms with Crippen LogP contribution in [0.2, 0.25) is 5.02 Å². The molecule has 0 saturated heterocycles. The zero-order valence-corrected chi connectivity index (χ0v) is 15.8. The van der Waals surface area contributed by atoms with Crippen LogP contribution in [0.25, 0.3) is 0 Å². The van der Waals surface area contributed by atoms with E-state index >= 15 is 0 Å². The number of nitriles is 1. The Bertz CT molecular complexity index is 883. The number of ether oxygens (including phenoxy) is 2. The van der Waals surface area contributed by atoms with Crippen molar-refractivity contribution in [2.24, 2.45) is 0 Å². The molecular weight excluding hydrogens is 362 g/mol. The number of carbonyl (C=O) groups excluding carboxylic acids is 1. The summed E-state index contributed by atoms with van der Waals surface area (Å²) < 4.78 is 11.1. The summed E-state index contributed by atoms with van der Waals surface area (Å²) in [5, 5.41) is 9.61. The molecular formula is C22H20ClNO3. The second kappa shape index (κ2) is 8.85. The summed E-state index contributed by atoms with van der Waals surface area (Å²) in [4.78, 5) is 11.0. The van der Waals surface area contributed by atoms with Gasteiger partial charge in [-0.2, -0.15) is 5.26 Å². The summed E-state index contributed by atoms with van der Waals surface area (Å²) in [6.07, 6.45) is 5.06. The van der Waals surface area contributed by atoms with Crippen LogP contribution < -0.4 is 0 Å². The van der Waals surface area contributed by atoms with E-state index in [9.17, 15) is 4.79 Å². The Kier molecular flexibility index (Phi) is 6.28. The van der Waals surface area contributed by atoms with Gasteiger partial charge < -0.3 is 9.47 Å². The van der Waals surface area contributed by atoms with Gasteiger partial charge in [-0.25, -0.2) is 0 Å². The maximum atomic E-state index is 11.0. The molecule has 2 atom stereocenters. The highest BCUT2D eigenvalue weighted by molar-refractivity contribution is 6.31. The number of rotatable bonds is 5. The Balaban J connectivity index is 1.73. The molecule has 2 aromatic carbocycles. The van der Waals surface area contributed by atoms with Crippen molar-refractivity contribution in [3.05, 3.63) is 81.9 Å². The Morgan fingerprint density at radius 1 is 1.30 bits per heavy atom. The van der Waals surface area contributed by atoms with Crippen LogP contribution in [0.5, 0.6) is 0 Å². The van der Waals surface area contributed by atoms with Gasteiger partial charge in [-0.1, -0.05) is 48.0 Å². The van der Waals surface area contributed by atoms with E-state index in [1.807, 2.05) is 42.5 Å². The van der Waals surface area contributed by atoms with Crippen molar-refractivity contribution in [2.45, 2.75) is 32.0 Å². The van der Waals surface area contributed by atoms with Crippen molar-refractivity contribution in [1.82, 2.24) is 0 Å². The molecule has 4 nitrogen and oxygen atoms in total. The molecule has 0 fully saturated rings. The highest BCUT2D eigenvalue weighted by atomic mass is 35.5. The minimum absolute atomic E-state index is 0.104. The Morgan fingerprint density at radius 2 is 2.07 bits per heavy atom. The molecule has 0 bridgehead atoms. The number of esters is 1. The largest absolute Gasteiger partial charge is 0.463 e. The van der Waals surface area contributed by atoms with Crippen LogP contribution in [-0.4, -0.2) is 18.7 Å². The van der Waals surface area contributed by atoms with E-state index in [4.69, 9.17) is 26.3 Å². The molecule has 0 spiro atoms. The average Bonchev–Trinajstić information content (AvgIpc) is 2.69. The Labute approximate surface area is 164 Å². The fourth-order valence-corrected chi connectivity index (χ4v) is 3.21. The summed E-state index contributed by atoms with van der Waals surface area (Å²) >= 11 is 6.39. The summed E-state index contributed by atoms with van der Waals surface area (Å²) in [6, 6.07) is 15.5. The molecule has 0 aliphatic carbocycles. The molecule has 0 N–H and O–H groups in total. The number of nitrogens with zero attached hydrogens (tertiary/aromatic N) is 1. The second-order valence-corrected chi connectivity index (χ2v) is 6.87. The third-order valence-corrected chi connectivity index (χ3v) is 4.78. The Morgan fingerprint density at radius 3 is 2.78 bits per heavy atom. The SMILES string of the molecule is CC(=O)OC[C@H]1C=CC[C@@H](c2ccc(Cl)c(Cc3ccc(C#N)cc3)c2)O1. The van der Waals surface area contributed by atoms with Crippen LogP contribution in [0.4, 0.5) is 0 Å². The van der Waals surface area contributed by atoms with Crippen molar-refractivity contribution < 1.29 is 14.3 Å². The highest BCUT2D eigenvalue weighted by Crippen LogP contribution is 2.31. The monoisotopic (exact) mass is 381 g/mol. The van der Waals surface area contributed by atoms with E-state index in [-0.39, 0.29) is 24.8 Å². The maximum absolute atomic E-state index is 11.0. The van der Waals surface area contributed by atoms with Crippen LogP contribution >= 0.6 is 11.6 Å². The minimum Gasteiger partial charge on any atom is -0.463 e. The van der Waals surface area contributed by atoms with E-state index in [0.717, 1.165) is 23.1 Å². The molecule has 1 aliphatic rings. The fraction of sp³-hybridized carbons (Fsp3) is 0.273. The number of halogens is 1. The highest BCUT2D eigenvalue weighted by Gasteiger charge is 2.21. The van der Waals surface area contributed by atoms with Crippen molar-refractivity contribution in [3.63, 3.8) is 0 Å². The van der Waals surface area contributed by atoms with E-state index in [2.05, 4.69) is 18.2 Å². The Hall–Kier alpha value is -2.61. The fourth-order valence-electron chi connectivity index (χ4n) is 3.02. The summed E-state index contributed by atoms with van der Waals surface area (Å²) in [5.41, 5.74) is 3.78.